The Kier molecular flexibility index (Phi) is 4.43. The van der Waals surface area contributed by atoms with Gasteiger partial charge in [0.2, 0.25) is 0 Å². The standard InChI is InChI=1S/C18H22N2O/c1-18(2,3)15-9-7-14(8-10-15)17(21)20-16-6-4-5-13(11-16)12-19/h4-11H,12,19H2,1-3H3,(H,20,21). The van der Waals surface area contributed by atoms with E-state index in [0.717, 1.165) is 11.3 Å². The van der Waals surface area contributed by atoms with Crippen LogP contribution in [-0.2, 0) is 12.0 Å². The molecule has 0 aliphatic heterocycles. The number of carbonyl (C=O) groups is 1. The highest BCUT2D eigenvalue weighted by Crippen LogP contribution is 2.22. The van der Waals surface area contributed by atoms with Gasteiger partial charge in [-0.2, -0.15) is 0 Å². The van der Waals surface area contributed by atoms with Crippen molar-refractivity contribution in [3.63, 3.8) is 0 Å². The number of amides is 1. The Morgan fingerprint density at radius 3 is 2.33 bits per heavy atom. The molecule has 0 aliphatic carbocycles. The maximum Gasteiger partial charge on any atom is 0.255 e. The summed E-state index contributed by atoms with van der Waals surface area (Å²) in [6.45, 7) is 6.92. The number of hydrogen-bond donors (Lipinski definition) is 2. The smallest absolute Gasteiger partial charge is 0.255 e. The van der Waals surface area contributed by atoms with E-state index in [-0.39, 0.29) is 11.3 Å². The van der Waals surface area contributed by atoms with Crippen molar-refractivity contribution in [1.29, 1.82) is 0 Å². The van der Waals surface area contributed by atoms with Crippen molar-refractivity contribution in [1.82, 2.24) is 0 Å². The minimum Gasteiger partial charge on any atom is -0.326 e. The van der Waals surface area contributed by atoms with E-state index in [1.165, 1.54) is 5.56 Å². The van der Waals surface area contributed by atoms with Crippen LogP contribution in [0.1, 0.15) is 42.3 Å². The molecule has 3 nitrogen and oxygen atoms in total. The van der Waals surface area contributed by atoms with Crippen molar-refractivity contribution in [2.45, 2.75) is 32.7 Å². The second-order valence-corrected chi connectivity index (χ2v) is 6.19. The van der Waals surface area contributed by atoms with E-state index in [0.29, 0.717) is 12.1 Å². The van der Waals surface area contributed by atoms with Crippen LogP contribution in [0, 0.1) is 0 Å². The van der Waals surface area contributed by atoms with Crippen LogP contribution in [0.25, 0.3) is 0 Å². The van der Waals surface area contributed by atoms with Crippen molar-refractivity contribution in [2.24, 2.45) is 5.73 Å². The van der Waals surface area contributed by atoms with Gasteiger partial charge in [0, 0.05) is 17.8 Å². The quantitative estimate of drug-likeness (QED) is 0.902. The number of nitrogens with one attached hydrogen (secondary N) is 1. The Hall–Kier alpha value is -2.13. The number of rotatable bonds is 3. The molecule has 0 fully saturated rings. The van der Waals surface area contributed by atoms with Gasteiger partial charge < -0.3 is 11.1 Å². The number of anilines is 1. The molecule has 2 rings (SSSR count). The number of hydrogen-bond acceptors (Lipinski definition) is 2. The lowest BCUT2D eigenvalue weighted by molar-refractivity contribution is 0.102. The van der Waals surface area contributed by atoms with Crippen molar-refractivity contribution in [3.05, 3.63) is 65.2 Å². The molecule has 2 aromatic carbocycles. The molecular weight excluding hydrogens is 260 g/mol. The molecule has 0 spiro atoms. The van der Waals surface area contributed by atoms with Gasteiger partial charge in [-0.05, 0) is 40.8 Å². The summed E-state index contributed by atoms with van der Waals surface area (Å²) in [5.41, 5.74) is 9.32. The molecule has 0 heterocycles. The summed E-state index contributed by atoms with van der Waals surface area (Å²) in [5, 5.41) is 2.90. The zero-order valence-electron chi connectivity index (χ0n) is 12.8. The first-order valence-corrected chi connectivity index (χ1v) is 7.11. The fourth-order valence-corrected chi connectivity index (χ4v) is 2.10. The van der Waals surface area contributed by atoms with Gasteiger partial charge in [-0.15, -0.1) is 0 Å². The molecule has 21 heavy (non-hydrogen) atoms. The van der Waals surface area contributed by atoms with Crippen LogP contribution in [0.5, 0.6) is 0 Å². The lowest BCUT2D eigenvalue weighted by Gasteiger charge is -2.19. The van der Waals surface area contributed by atoms with Gasteiger partial charge >= 0.3 is 0 Å². The maximum absolute atomic E-state index is 12.2. The van der Waals surface area contributed by atoms with Gasteiger partial charge in [0.05, 0.1) is 0 Å². The Labute approximate surface area is 126 Å². The molecule has 0 radical (unpaired) electrons. The second-order valence-electron chi connectivity index (χ2n) is 6.19. The van der Waals surface area contributed by atoms with Crippen LogP contribution in [0.3, 0.4) is 0 Å². The molecule has 0 aromatic heterocycles. The van der Waals surface area contributed by atoms with Crippen LogP contribution in [0.2, 0.25) is 0 Å². The molecule has 0 atom stereocenters. The van der Waals surface area contributed by atoms with Crippen LogP contribution >= 0.6 is 0 Å². The molecule has 1 amide bonds. The SMILES string of the molecule is CC(C)(C)c1ccc(C(=O)Nc2cccc(CN)c2)cc1. The minimum absolute atomic E-state index is 0.0878. The first-order valence-electron chi connectivity index (χ1n) is 7.11. The first-order chi connectivity index (χ1) is 9.90. The van der Waals surface area contributed by atoms with Crippen LogP contribution < -0.4 is 11.1 Å². The fraction of sp³-hybridized carbons (Fsp3) is 0.278. The molecule has 0 saturated carbocycles. The summed E-state index contributed by atoms with van der Waals surface area (Å²) < 4.78 is 0. The summed E-state index contributed by atoms with van der Waals surface area (Å²) >= 11 is 0. The van der Waals surface area contributed by atoms with E-state index in [1.807, 2.05) is 48.5 Å². The molecule has 110 valence electrons. The number of carbonyl (C=O) groups excluding carboxylic acids is 1. The monoisotopic (exact) mass is 282 g/mol. The highest BCUT2D eigenvalue weighted by atomic mass is 16.1. The Bertz CT molecular complexity index is 624. The minimum atomic E-state index is -0.107. The predicted molar refractivity (Wildman–Crippen MR) is 87.4 cm³/mol. The summed E-state index contributed by atoms with van der Waals surface area (Å²) in [4.78, 5) is 12.2. The lowest BCUT2D eigenvalue weighted by atomic mass is 9.87. The summed E-state index contributed by atoms with van der Waals surface area (Å²) in [6, 6.07) is 15.3. The zero-order chi connectivity index (χ0) is 15.5. The Balaban J connectivity index is 2.13. The van der Waals surface area contributed by atoms with Gasteiger partial charge in [-0.3, -0.25) is 4.79 Å². The lowest BCUT2D eigenvalue weighted by Crippen LogP contribution is -2.14. The number of benzene rings is 2. The van der Waals surface area contributed by atoms with Crippen molar-refractivity contribution >= 4 is 11.6 Å². The van der Waals surface area contributed by atoms with E-state index in [2.05, 4.69) is 26.1 Å². The normalized spacial score (nSPS) is 11.2. The fourth-order valence-electron chi connectivity index (χ4n) is 2.10. The third kappa shape index (κ3) is 3.92. The molecule has 2 aromatic rings. The van der Waals surface area contributed by atoms with E-state index in [1.54, 1.807) is 0 Å². The van der Waals surface area contributed by atoms with E-state index in [9.17, 15) is 4.79 Å². The van der Waals surface area contributed by atoms with Crippen molar-refractivity contribution in [2.75, 3.05) is 5.32 Å². The molecule has 0 saturated heterocycles. The van der Waals surface area contributed by atoms with Gasteiger partial charge in [0.25, 0.3) is 5.91 Å². The van der Waals surface area contributed by atoms with E-state index in [4.69, 9.17) is 5.73 Å². The molecule has 0 aliphatic rings. The van der Waals surface area contributed by atoms with Crippen molar-refractivity contribution < 1.29 is 4.79 Å². The average Bonchev–Trinajstić information content (AvgIpc) is 2.46. The highest BCUT2D eigenvalue weighted by Gasteiger charge is 2.14. The van der Waals surface area contributed by atoms with E-state index < -0.39 is 0 Å². The van der Waals surface area contributed by atoms with Crippen LogP contribution in [-0.4, -0.2) is 5.91 Å². The molecule has 3 heteroatoms. The summed E-state index contributed by atoms with van der Waals surface area (Å²) in [7, 11) is 0. The summed E-state index contributed by atoms with van der Waals surface area (Å²) in [6.07, 6.45) is 0. The third-order valence-electron chi connectivity index (χ3n) is 3.43. The van der Waals surface area contributed by atoms with Crippen molar-refractivity contribution in [3.8, 4) is 0 Å². The largest absolute Gasteiger partial charge is 0.326 e. The Morgan fingerprint density at radius 2 is 1.76 bits per heavy atom. The van der Waals surface area contributed by atoms with Crippen LogP contribution in [0.15, 0.2) is 48.5 Å². The first kappa shape index (κ1) is 15.3. The molecule has 0 unspecified atom stereocenters. The van der Waals surface area contributed by atoms with Gasteiger partial charge in [0.1, 0.15) is 0 Å². The zero-order valence-corrected chi connectivity index (χ0v) is 12.8. The summed E-state index contributed by atoms with van der Waals surface area (Å²) in [5.74, 6) is -0.107. The topological polar surface area (TPSA) is 55.1 Å². The second kappa shape index (κ2) is 6.10. The molecule has 0 bridgehead atoms. The molecular formula is C18H22N2O. The predicted octanol–water partition coefficient (Wildman–Crippen LogP) is 3.70. The van der Waals surface area contributed by atoms with Gasteiger partial charge in [-0.25, -0.2) is 0 Å². The molecule has 3 N–H and O–H groups in total. The van der Waals surface area contributed by atoms with E-state index >= 15 is 0 Å². The number of nitrogens with two attached hydrogens (primary N) is 1. The third-order valence-corrected chi connectivity index (χ3v) is 3.43. The van der Waals surface area contributed by atoms with Gasteiger partial charge in [0.15, 0.2) is 0 Å². The van der Waals surface area contributed by atoms with Crippen LogP contribution in [0.4, 0.5) is 5.69 Å². The van der Waals surface area contributed by atoms with Gasteiger partial charge in [-0.1, -0.05) is 45.0 Å². The maximum atomic E-state index is 12.2. The Morgan fingerprint density at radius 1 is 1.10 bits per heavy atom. The highest BCUT2D eigenvalue weighted by molar-refractivity contribution is 6.04. The average molecular weight is 282 g/mol.